The van der Waals surface area contributed by atoms with Crippen molar-refractivity contribution in [1.29, 1.82) is 0 Å². The largest absolute Gasteiger partial charge is 0.364 e. The molecule has 1 N–H and O–H groups in total. The van der Waals surface area contributed by atoms with Crippen LogP contribution in [-0.4, -0.2) is 19.5 Å². The summed E-state index contributed by atoms with van der Waals surface area (Å²) in [5.41, 5.74) is 2.81. The van der Waals surface area contributed by atoms with Gasteiger partial charge in [0.25, 0.3) is 0 Å². The Bertz CT molecular complexity index is 873. The quantitative estimate of drug-likeness (QED) is 0.455. The molecule has 1 aromatic carbocycles. The molecule has 124 valence electrons. The summed E-state index contributed by atoms with van der Waals surface area (Å²) >= 11 is 8.48. The van der Waals surface area contributed by atoms with Gasteiger partial charge >= 0.3 is 0 Å². The fourth-order valence-electron chi connectivity index (χ4n) is 3.30. The van der Waals surface area contributed by atoms with Crippen LogP contribution in [0.1, 0.15) is 37.3 Å². The molecular weight excluding hydrogens is 437 g/mol. The summed E-state index contributed by atoms with van der Waals surface area (Å²) in [6.45, 7) is 0.676. The van der Waals surface area contributed by atoms with Crippen molar-refractivity contribution in [3.8, 4) is 0 Å². The van der Waals surface area contributed by atoms with Crippen LogP contribution < -0.4 is 5.32 Å². The van der Waals surface area contributed by atoms with Gasteiger partial charge in [-0.3, -0.25) is 0 Å². The lowest BCUT2D eigenvalue weighted by Crippen LogP contribution is -2.06. The zero-order valence-electron chi connectivity index (χ0n) is 13.0. The summed E-state index contributed by atoms with van der Waals surface area (Å²) < 4.78 is 3.37. The third-order valence-corrected chi connectivity index (χ3v) is 5.30. The van der Waals surface area contributed by atoms with E-state index in [1.54, 1.807) is 0 Å². The van der Waals surface area contributed by atoms with Crippen LogP contribution in [0, 0.1) is 3.57 Å². The van der Waals surface area contributed by atoms with Gasteiger partial charge in [-0.2, -0.15) is 9.97 Å². The first-order valence-corrected chi connectivity index (χ1v) is 9.55. The highest BCUT2D eigenvalue weighted by molar-refractivity contribution is 14.1. The van der Waals surface area contributed by atoms with Crippen molar-refractivity contribution in [2.45, 2.75) is 38.3 Å². The average Bonchev–Trinajstić information content (AvgIpc) is 3.21. The van der Waals surface area contributed by atoms with Crippen LogP contribution in [0.5, 0.6) is 0 Å². The number of benzene rings is 1. The van der Waals surface area contributed by atoms with E-state index >= 15 is 0 Å². The van der Waals surface area contributed by atoms with Crippen LogP contribution in [-0.2, 0) is 6.54 Å². The number of nitrogens with zero attached hydrogens (tertiary/aromatic N) is 4. The minimum atomic E-state index is 0.257. The van der Waals surface area contributed by atoms with E-state index in [-0.39, 0.29) is 5.28 Å². The van der Waals surface area contributed by atoms with Gasteiger partial charge in [0.2, 0.25) is 5.28 Å². The zero-order valence-corrected chi connectivity index (χ0v) is 16.0. The Hall–Kier alpha value is -1.41. The number of halogens is 2. The first-order valence-electron chi connectivity index (χ1n) is 8.09. The minimum absolute atomic E-state index is 0.257. The number of aromatic nitrogens is 4. The summed E-state index contributed by atoms with van der Waals surface area (Å²) in [7, 11) is 0. The molecule has 24 heavy (non-hydrogen) atoms. The molecule has 7 heteroatoms. The Morgan fingerprint density at radius 3 is 2.88 bits per heavy atom. The molecule has 3 aromatic rings. The Morgan fingerprint density at radius 1 is 1.25 bits per heavy atom. The lowest BCUT2D eigenvalue weighted by atomic mass is 10.2. The summed E-state index contributed by atoms with van der Waals surface area (Å²) in [6, 6.07) is 8.84. The van der Waals surface area contributed by atoms with Crippen LogP contribution in [0.25, 0.3) is 11.2 Å². The minimum Gasteiger partial charge on any atom is -0.364 e. The Balaban J connectivity index is 1.65. The fourth-order valence-corrected chi connectivity index (χ4v) is 4.07. The zero-order chi connectivity index (χ0) is 16.5. The molecule has 5 nitrogen and oxygen atoms in total. The predicted molar refractivity (Wildman–Crippen MR) is 104 cm³/mol. The van der Waals surface area contributed by atoms with Crippen molar-refractivity contribution in [3.05, 3.63) is 45.0 Å². The summed E-state index contributed by atoms with van der Waals surface area (Å²) in [4.78, 5) is 13.3. The summed E-state index contributed by atoms with van der Waals surface area (Å²) in [5, 5.41) is 3.62. The lowest BCUT2D eigenvalue weighted by molar-refractivity contribution is 0.529. The maximum atomic E-state index is 6.16. The number of nitrogens with one attached hydrogen (secondary N) is 1. The maximum Gasteiger partial charge on any atom is 0.226 e. The van der Waals surface area contributed by atoms with Crippen molar-refractivity contribution >= 4 is 51.2 Å². The third kappa shape index (κ3) is 3.21. The average molecular weight is 454 g/mol. The predicted octanol–water partition coefficient (Wildman–Crippen LogP) is 4.81. The molecule has 0 spiro atoms. The molecule has 0 unspecified atom stereocenters. The van der Waals surface area contributed by atoms with Gasteiger partial charge in [-0.25, -0.2) is 4.98 Å². The van der Waals surface area contributed by atoms with Crippen molar-refractivity contribution in [1.82, 2.24) is 19.5 Å². The molecule has 2 heterocycles. The smallest absolute Gasteiger partial charge is 0.226 e. The Morgan fingerprint density at radius 2 is 2.08 bits per heavy atom. The molecule has 0 radical (unpaired) electrons. The molecule has 0 atom stereocenters. The fraction of sp³-hybridized carbons (Fsp3) is 0.353. The van der Waals surface area contributed by atoms with E-state index in [0.29, 0.717) is 18.4 Å². The van der Waals surface area contributed by atoms with Gasteiger partial charge in [-0.1, -0.05) is 25.0 Å². The first kappa shape index (κ1) is 16.1. The lowest BCUT2D eigenvalue weighted by Gasteiger charge is -2.12. The molecule has 0 aliphatic heterocycles. The van der Waals surface area contributed by atoms with Crippen molar-refractivity contribution in [2.24, 2.45) is 0 Å². The number of hydrogen-bond acceptors (Lipinski definition) is 4. The van der Waals surface area contributed by atoms with Crippen LogP contribution >= 0.6 is 34.2 Å². The van der Waals surface area contributed by atoms with Gasteiger partial charge in [0.05, 0.1) is 6.33 Å². The second-order valence-corrected chi connectivity index (χ2v) is 7.67. The number of hydrogen-bond donors (Lipinski definition) is 1. The van der Waals surface area contributed by atoms with Crippen LogP contribution in [0.15, 0.2) is 30.6 Å². The Kier molecular flexibility index (Phi) is 4.58. The highest BCUT2D eigenvalue weighted by Gasteiger charge is 2.21. The van der Waals surface area contributed by atoms with E-state index < -0.39 is 0 Å². The van der Waals surface area contributed by atoms with Gasteiger partial charge in [-0.05, 0) is 64.7 Å². The Labute approximate surface area is 159 Å². The van der Waals surface area contributed by atoms with E-state index in [4.69, 9.17) is 11.6 Å². The molecule has 1 saturated carbocycles. The number of fused-ring (bicyclic) bond motifs is 1. The highest BCUT2D eigenvalue weighted by Crippen LogP contribution is 2.33. The SMILES string of the molecule is Clc1nc(NCc2cccc(I)c2)c2ncn(C3CCCC3)c2n1. The normalized spacial score (nSPS) is 15.2. The summed E-state index contributed by atoms with van der Waals surface area (Å²) in [5.74, 6) is 0.695. The molecule has 4 rings (SSSR count). The third-order valence-electron chi connectivity index (χ3n) is 4.46. The second-order valence-electron chi connectivity index (χ2n) is 6.09. The van der Waals surface area contributed by atoms with Crippen LogP contribution in [0.3, 0.4) is 0 Å². The highest BCUT2D eigenvalue weighted by atomic mass is 127. The van der Waals surface area contributed by atoms with Gasteiger partial charge < -0.3 is 9.88 Å². The summed E-state index contributed by atoms with van der Waals surface area (Å²) in [6.07, 6.45) is 6.76. The molecular formula is C17H17ClIN5. The van der Waals surface area contributed by atoms with Gasteiger partial charge in [-0.15, -0.1) is 0 Å². The molecule has 0 saturated heterocycles. The van der Waals surface area contributed by atoms with E-state index in [0.717, 1.165) is 11.2 Å². The van der Waals surface area contributed by atoms with Gasteiger partial charge in [0.1, 0.15) is 0 Å². The number of rotatable bonds is 4. The second kappa shape index (κ2) is 6.84. The first-order chi connectivity index (χ1) is 11.7. The maximum absolute atomic E-state index is 6.16. The van der Waals surface area contributed by atoms with E-state index in [1.807, 2.05) is 6.33 Å². The van der Waals surface area contributed by atoms with E-state index in [1.165, 1.54) is 34.8 Å². The topological polar surface area (TPSA) is 55.6 Å². The van der Waals surface area contributed by atoms with Crippen molar-refractivity contribution < 1.29 is 0 Å². The molecule has 0 amide bonds. The van der Waals surface area contributed by atoms with Crippen molar-refractivity contribution in [3.63, 3.8) is 0 Å². The molecule has 1 fully saturated rings. The van der Waals surface area contributed by atoms with Gasteiger partial charge in [0, 0.05) is 16.2 Å². The van der Waals surface area contributed by atoms with E-state index in [9.17, 15) is 0 Å². The number of anilines is 1. The van der Waals surface area contributed by atoms with E-state index in [2.05, 4.69) is 71.7 Å². The van der Waals surface area contributed by atoms with Crippen molar-refractivity contribution in [2.75, 3.05) is 5.32 Å². The molecule has 2 aromatic heterocycles. The number of imidazole rings is 1. The van der Waals surface area contributed by atoms with Crippen LogP contribution in [0.2, 0.25) is 5.28 Å². The van der Waals surface area contributed by atoms with Gasteiger partial charge in [0.15, 0.2) is 17.0 Å². The monoisotopic (exact) mass is 453 g/mol. The molecule has 1 aliphatic carbocycles. The standard InChI is InChI=1S/C17H17ClIN5/c18-17-22-15(20-9-11-4-3-5-12(19)8-11)14-16(23-17)24(10-21-14)13-6-1-2-7-13/h3-5,8,10,13H,1-2,6-7,9H2,(H,20,22,23). The molecule has 0 bridgehead atoms. The molecule has 1 aliphatic rings. The van der Waals surface area contributed by atoms with Crippen LogP contribution in [0.4, 0.5) is 5.82 Å².